The molecule has 1 nitrogen and oxygen atoms in total. The molecule has 0 amide bonds. The van der Waals surface area contributed by atoms with Crippen LogP contribution in [0.25, 0.3) is 0 Å². The zero-order chi connectivity index (χ0) is 12.8. The van der Waals surface area contributed by atoms with E-state index in [4.69, 9.17) is 0 Å². The summed E-state index contributed by atoms with van der Waals surface area (Å²) in [6.45, 7) is 2.23. The highest BCUT2D eigenvalue weighted by Gasteiger charge is 2.02. The van der Waals surface area contributed by atoms with Crippen molar-refractivity contribution in [3.63, 3.8) is 0 Å². The molecule has 0 saturated heterocycles. The number of benzene rings is 2. The van der Waals surface area contributed by atoms with Crippen LogP contribution in [0, 0.1) is 0 Å². The molecule has 0 radical (unpaired) electrons. The zero-order valence-electron chi connectivity index (χ0n) is 10.6. The highest BCUT2D eigenvalue weighted by molar-refractivity contribution is 9.10. The normalized spacial score (nSPS) is 12.1. The predicted molar refractivity (Wildman–Crippen MR) is 82.0 cm³/mol. The van der Waals surface area contributed by atoms with Gasteiger partial charge in [0.2, 0.25) is 0 Å². The third-order valence-electron chi connectivity index (χ3n) is 2.95. The molecule has 1 N–H and O–H groups in total. The lowest BCUT2D eigenvalue weighted by Crippen LogP contribution is -2.15. The van der Waals surface area contributed by atoms with Crippen LogP contribution in [-0.4, -0.2) is 6.04 Å². The van der Waals surface area contributed by atoms with E-state index in [9.17, 15) is 0 Å². The lowest BCUT2D eigenvalue weighted by molar-refractivity contribution is 0.706. The van der Waals surface area contributed by atoms with Gasteiger partial charge in [-0.05, 0) is 43.5 Å². The maximum Gasteiger partial charge on any atom is 0.0353 e. The van der Waals surface area contributed by atoms with E-state index >= 15 is 0 Å². The molecule has 1 unspecified atom stereocenters. The van der Waals surface area contributed by atoms with Crippen LogP contribution in [-0.2, 0) is 6.42 Å². The van der Waals surface area contributed by atoms with Crippen LogP contribution in [0.15, 0.2) is 59.1 Å². The Labute approximate surface area is 117 Å². The average molecular weight is 304 g/mol. The van der Waals surface area contributed by atoms with Gasteiger partial charge in [-0.3, -0.25) is 0 Å². The van der Waals surface area contributed by atoms with Crippen LogP contribution >= 0.6 is 15.9 Å². The fraction of sp³-hybridized carbons (Fsp3) is 0.250. The van der Waals surface area contributed by atoms with Crippen LogP contribution < -0.4 is 5.32 Å². The second-order valence-corrected chi connectivity index (χ2v) is 5.50. The first-order valence-corrected chi connectivity index (χ1v) is 7.09. The molecule has 2 rings (SSSR count). The topological polar surface area (TPSA) is 12.0 Å². The smallest absolute Gasteiger partial charge is 0.0353 e. The summed E-state index contributed by atoms with van der Waals surface area (Å²) < 4.78 is 1.11. The molecule has 0 spiro atoms. The van der Waals surface area contributed by atoms with Gasteiger partial charge in [0.05, 0.1) is 0 Å². The molecule has 2 heteroatoms. The molecule has 0 heterocycles. The van der Waals surface area contributed by atoms with Crippen LogP contribution in [0.4, 0.5) is 5.69 Å². The van der Waals surface area contributed by atoms with Gasteiger partial charge in [0.15, 0.2) is 0 Å². The van der Waals surface area contributed by atoms with Gasteiger partial charge in [0.1, 0.15) is 0 Å². The second-order valence-electron chi connectivity index (χ2n) is 4.58. The Balaban J connectivity index is 1.84. The fourth-order valence-corrected chi connectivity index (χ4v) is 2.36. The molecule has 0 bridgehead atoms. The number of hydrogen-bond acceptors (Lipinski definition) is 1. The minimum absolute atomic E-state index is 0.472. The summed E-state index contributed by atoms with van der Waals surface area (Å²) in [5.41, 5.74) is 2.57. The summed E-state index contributed by atoms with van der Waals surface area (Å²) in [6.07, 6.45) is 2.25. The lowest BCUT2D eigenvalue weighted by Gasteiger charge is -2.15. The Morgan fingerprint density at radius 1 is 1.06 bits per heavy atom. The van der Waals surface area contributed by atoms with Crippen LogP contribution in [0.3, 0.4) is 0 Å². The largest absolute Gasteiger partial charge is 0.383 e. The van der Waals surface area contributed by atoms with Crippen LogP contribution in [0.2, 0.25) is 0 Å². The fourth-order valence-electron chi connectivity index (χ4n) is 1.96. The first kappa shape index (κ1) is 13.2. The van der Waals surface area contributed by atoms with Crippen molar-refractivity contribution in [2.24, 2.45) is 0 Å². The molecule has 18 heavy (non-hydrogen) atoms. The summed E-state index contributed by atoms with van der Waals surface area (Å²) in [7, 11) is 0. The number of nitrogens with one attached hydrogen (secondary N) is 1. The van der Waals surface area contributed by atoms with E-state index in [-0.39, 0.29) is 0 Å². The summed E-state index contributed by atoms with van der Waals surface area (Å²) >= 11 is 3.49. The van der Waals surface area contributed by atoms with Gasteiger partial charge in [-0.2, -0.15) is 0 Å². The van der Waals surface area contributed by atoms with E-state index in [0.29, 0.717) is 6.04 Å². The highest BCUT2D eigenvalue weighted by Crippen LogP contribution is 2.17. The first-order valence-electron chi connectivity index (χ1n) is 6.30. The minimum Gasteiger partial charge on any atom is -0.383 e. The number of rotatable bonds is 5. The molecule has 0 aliphatic carbocycles. The first-order chi connectivity index (χ1) is 8.74. The van der Waals surface area contributed by atoms with Gasteiger partial charge in [0, 0.05) is 16.2 Å². The molecular formula is C16H18BrN. The molecular weight excluding hydrogens is 286 g/mol. The van der Waals surface area contributed by atoms with Crippen molar-refractivity contribution >= 4 is 21.6 Å². The maximum absolute atomic E-state index is 3.52. The van der Waals surface area contributed by atoms with Crippen molar-refractivity contribution in [1.82, 2.24) is 0 Å². The Morgan fingerprint density at radius 2 is 1.83 bits per heavy atom. The Hall–Kier alpha value is -1.28. The minimum atomic E-state index is 0.472. The molecule has 0 fully saturated rings. The summed E-state index contributed by atoms with van der Waals surface area (Å²) in [6, 6.07) is 19.4. The monoisotopic (exact) mass is 303 g/mol. The standard InChI is InChI=1S/C16H18BrN/c1-13(10-11-14-6-3-2-4-7-14)18-16-9-5-8-15(17)12-16/h2-9,12-13,18H,10-11H2,1H3. The van der Waals surface area contributed by atoms with Gasteiger partial charge < -0.3 is 5.32 Å². The summed E-state index contributed by atoms with van der Waals surface area (Å²) in [5, 5.41) is 3.52. The molecule has 2 aromatic rings. The predicted octanol–water partition coefficient (Wildman–Crippen LogP) is 4.88. The number of hydrogen-bond donors (Lipinski definition) is 1. The van der Waals surface area contributed by atoms with Crippen molar-refractivity contribution in [2.45, 2.75) is 25.8 Å². The Morgan fingerprint density at radius 3 is 2.56 bits per heavy atom. The SMILES string of the molecule is CC(CCc1ccccc1)Nc1cccc(Br)c1. The second kappa shape index (κ2) is 6.60. The summed E-state index contributed by atoms with van der Waals surface area (Å²) in [4.78, 5) is 0. The maximum atomic E-state index is 3.52. The molecule has 0 aliphatic heterocycles. The number of aryl methyl sites for hydroxylation is 1. The Bertz CT molecular complexity index is 481. The van der Waals surface area contributed by atoms with Crippen molar-refractivity contribution in [3.8, 4) is 0 Å². The van der Waals surface area contributed by atoms with E-state index in [1.807, 2.05) is 6.07 Å². The number of halogens is 1. The zero-order valence-corrected chi connectivity index (χ0v) is 12.2. The third kappa shape index (κ3) is 4.19. The lowest BCUT2D eigenvalue weighted by atomic mass is 10.1. The molecule has 0 aromatic heterocycles. The Kier molecular flexibility index (Phi) is 4.82. The van der Waals surface area contributed by atoms with Crippen LogP contribution in [0.1, 0.15) is 18.9 Å². The van der Waals surface area contributed by atoms with Gasteiger partial charge in [-0.15, -0.1) is 0 Å². The van der Waals surface area contributed by atoms with Crippen molar-refractivity contribution in [3.05, 3.63) is 64.6 Å². The van der Waals surface area contributed by atoms with E-state index in [2.05, 4.69) is 76.7 Å². The van der Waals surface area contributed by atoms with E-state index < -0.39 is 0 Å². The van der Waals surface area contributed by atoms with Crippen molar-refractivity contribution in [1.29, 1.82) is 0 Å². The average Bonchev–Trinajstić information content (AvgIpc) is 2.38. The van der Waals surface area contributed by atoms with Crippen molar-refractivity contribution < 1.29 is 0 Å². The van der Waals surface area contributed by atoms with Crippen LogP contribution in [0.5, 0.6) is 0 Å². The van der Waals surface area contributed by atoms with Gasteiger partial charge in [-0.1, -0.05) is 52.3 Å². The molecule has 0 saturated carbocycles. The number of anilines is 1. The summed E-state index contributed by atoms with van der Waals surface area (Å²) in [5.74, 6) is 0. The molecule has 0 aliphatic rings. The molecule has 94 valence electrons. The highest BCUT2D eigenvalue weighted by atomic mass is 79.9. The van der Waals surface area contributed by atoms with E-state index in [1.165, 1.54) is 11.3 Å². The third-order valence-corrected chi connectivity index (χ3v) is 3.44. The van der Waals surface area contributed by atoms with Crippen molar-refractivity contribution in [2.75, 3.05) is 5.32 Å². The van der Waals surface area contributed by atoms with Gasteiger partial charge in [-0.25, -0.2) is 0 Å². The van der Waals surface area contributed by atoms with E-state index in [1.54, 1.807) is 0 Å². The van der Waals surface area contributed by atoms with Gasteiger partial charge in [0.25, 0.3) is 0 Å². The van der Waals surface area contributed by atoms with E-state index in [0.717, 1.165) is 17.3 Å². The quantitative estimate of drug-likeness (QED) is 0.830. The molecule has 1 atom stereocenters. The molecule has 2 aromatic carbocycles. The van der Waals surface area contributed by atoms with Gasteiger partial charge >= 0.3 is 0 Å².